The van der Waals surface area contributed by atoms with Crippen molar-refractivity contribution in [2.45, 2.75) is 38.8 Å². The summed E-state index contributed by atoms with van der Waals surface area (Å²) in [4.78, 5) is 30.9. The SMILES string of the molecule is CCCc1ccc(C(NC(=O)CCn2cnc3ccccc3c2=O)c2cccs2)cc1. The summed E-state index contributed by atoms with van der Waals surface area (Å²) in [7, 11) is 0. The van der Waals surface area contributed by atoms with E-state index in [0.717, 1.165) is 23.3 Å². The Hall–Kier alpha value is -3.25. The summed E-state index contributed by atoms with van der Waals surface area (Å²) < 4.78 is 1.50. The second-order valence-electron chi connectivity index (χ2n) is 7.52. The molecular formula is C25H25N3O2S. The molecule has 0 saturated heterocycles. The Balaban J connectivity index is 1.48. The van der Waals surface area contributed by atoms with Crippen molar-refractivity contribution in [3.8, 4) is 0 Å². The first-order valence-corrected chi connectivity index (χ1v) is 11.4. The van der Waals surface area contributed by atoms with Crippen molar-refractivity contribution >= 4 is 28.1 Å². The molecule has 0 bridgehead atoms. The molecular weight excluding hydrogens is 406 g/mol. The number of aromatic nitrogens is 2. The number of carbonyl (C=O) groups excluding carboxylic acids is 1. The van der Waals surface area contributed by atoms with Gasteiger partial charge in [-0.15, -0.1) is 11.3 Å². The molecule has 1 N–H and O–H groups in total. The number of fused-ring (bicyclic) bond motifs is 1. The number of thiophene rings is 1. The number of para-hydroxylation sites is 1. The summed E-state index contributed by atoms with van der Waals surface area (Å²) in [5, 5.41) is 5.73. The number of hydrogen-bond acceptors (Lipinski definition) is 4. The first kappa shape index (κ1) is 21.0. The maximum Gasteiger partial charge on any atom is 0.261 e. The van der Waals surface area contributed by atoms with Gasteiger partial charge in [0.1, 0.15) is 0 Å². The van der Waals surface area contributed by atoms with Gasteiger partial charge in [0, 0.05) is 17.8 Å². The fourth-order valence-corrected chi connectivity index (χ4v) is 4.46. The van der Waals surface area contributed by atoms with Crippen molar-refractivity contribution in [1.29, 1.82) is 0 Å². The topological polar surface area (TPSA) is 64.0 Å². The molecule has 1 unspecified atom stereocenters. The predicted molar refractivity (Wildman–Crippen MR) is 125 cm³/mol. The third-order valence-corrected chi connectivity index (χ3v) is 6.23. The lowest BCUT2D eigenvalue weighted by Gasteiger charge is -2.19. The van der Waals surface area contributed by atoms with Gasteiger partial charge in [0.15, 0.2) is 0 Å². The number of aryl methyl sites for hydroxylation is 2. The summed E-state index contributed by atoms with van der Waals surface area (Å²) in [6.07, 6.45) is 3.87. The van der Waals surface area contributed by atoms with Crippen LogP contribution in [0.2, 0.25) is 0 Å². The maximum absolute atomic E-state index is 12.8. The van der Waals surface area contributed by atoms with Gasteiger partial charge in [-0.1, -0.05) is 55.8 Å². The fourth-order valence-electron chi connectivity index (χ4n) is 3.66. The molecule has 0 fully saturated rings. The molecule has 1 amide bonds. The maximum atomic E-state index is 12.8. The van der Waals surface area contributed by atoms with Crippen LogP contribution in [0.3, 0.4) is 0 Å². The molecule has 0 aliphatic carbocycles. The van der Waals surface area contributed by atoms with Crippen LogP contribution in [-0.4, -0.2) is 15.5 Å². The zero-order chi connectivity index (χ0) is 21.6. The highest BCUT2D eigenvalue weighted by Gasteiger charge is 2.18. The average Bonchev–Trinajstić information content (AvgIpc) is 3.33. The Labute approximate surface area is 185 Å². The number of carbonyl (C=O) groups is 1. The molecule has 4 rings (SSSR count). The standard InChI is InChI=1S/C25H25N3O2S/c1-2-6-18-10-12-19(13-11-18)24(22-9-5-16-31-22)27-23(29)14-15-28-17-26-21-8-4-3-7-20(21)25(28)30/h3-5,7-13,16-17,24H,2,6,14-15H2,1H3,(H,27,29). The van der Waals surface area contributed by atoms with E-state index in [0.29, 0.717) is 10.9 Å². The molecule has 158 valence electrons. The van der Waals surface area contributed by atoms with Crippen molar-refractivity contribution in [1.82, 2.24) is 14.9 Å². The Morgan fingerprint density at radius 1 is 1.10 bits per heavy atom. The van der Waals surface area contributed by atoms with E-state index in [1.165, 1.54) is 16.5 Å². The first-order chi connectivity index (χ1) is 15.2. The Morgan fingerprint density at radius 2 is 1.90 bits per heavy atom. The van der Waals surface area contributed by atoms with E-state index in [9.17, 15) is 9.59 Å². The van der Waals surface area contributed by atoms with Gasteiger partial charge < -0.3 is 5.32 Å². The molecule has 31 heavy (non-hydrogen) atoms. The van der Waals surface area contributed by atoms with Crippen molar-refractivity contribution < 1.29 is 4.79 Å². The molecule has 5 nitrogen and oxygen atoms in total. The largest absolute Gasteiger partial charge is 0.344 e. The third kappa shape index (κ3) is 4.91. The third-order valence-electron chi connectivity index (χ3n) is 5.30. The molecule has 0 aliphatic heterocycles. The monoisotopic (exact) mass is 431 g/mol. The quantitative estimate of drug-likeness (QED) is 0.440. The molecule has 0 aliphatic rings. The van der Waals surface area contributed by atoms with E-state index in [1.807, 2.05) is 35.7 Å². The number of hydrogen-bond donors (Lipinski definition) is 1. The lowest BCUT2D eigenvalue weighted by atomic mass is 10.0. The summed E-state index contributed by atoms with van der Waals surface area (Å²) in [6, 6.07) is 19.5. The minimum absolute atomic E-state index is 0.101. The van der Waals surface area contributed by atoms with E-state index < -0.39 is 0 Å². The van der Waals surface area contributed by atoms with Crippen LogP contribution in [0.25, 0.3) is 10.9 Å². The Morgan fingerprint density at radius 3 is 2.65 bits per heavy atom. The molecule has 2 heterocycles. The summed E-state index contributed by atoms with van der Waals surface area (Å²) >= 11 is 1.62. The summed E-state index contributed by atoms with van der Waals surface area (Å²) in [5.74, 6) is -0.101. The fraction of sp³-hybridized carbons (Fsp3) is 0.240. The van der Waals surface area contributed by atoms with Gasteiger partial charge in [-0.05, 0) is 41.1 Å². The second kappa shape index (κ2) is 9.71. The van der Waals surface area contributed by atoms with E-state index in [2.05, 4.69) is 41.5 Å². The van der Waals surface area contributed by atoms with Crippen LogP contribution in [0.5, 0.6) is 0 Å². The van der Waals surface area contributed by atoms with Crippen molar-refractivity contribution in [2.75, 3.05) is 0 Å². The highest BCUT2D eigenvalue weighted by atomic mass is 32.1. The highest BCUT2D eigenvalue weighted by Crippen LogP contribution is 2.26. The summed E-state index contributed by atoms with van der Waals surface area (Å²) in [5.41, 5.74) is 2.89. The van der Waals surface area contributed by atoms with Crippen LogP contribution < -0.4 is 10.9 Å². The first-order valence-electron chi connectivity index (χ1n) is 10.5. The van der Waals surface area contributed by atoms with Crippen LogP contribution in [0.1, 0.15) is 41.8 Å². The van der Waals surface area contributed by atoms with Crippen LogP contribution in [0.4, 0.5) is 0 Å². The molecule has 2 aromatic heterocycles. The van der Waals surface area contributed by atoms with Gasteiger partial charge in [0.25, 0.3) is 5.56 Å². The van der Waals surface area contributed by atoms with Gasteiger partial charge in [-0.2, -0.15) is 0 Å². The highest BCUT2D eigenvalue weighted by molar-refractivity contribution is 7.10. The van der Waals surface area contributed by atoms with Crippen molar-refractivity contribution in [3.05, 3.63) is 98.7 Å². The van der Waals surface area contributed by atoms with Crippen LogP contribution in [-0.2, 0) is 17.8 Å². The van der Waals surface area contributed by atoms with E-state index in [-0.39, 0.29) is 30.5 Å². The lowest BCUT2D eigenvalue weighted by Crippen LogP contribution is -2.31. The minimum Gasteiger partial charge on any atom is -0.344 e. The minimum atomic E-state index is -0.199. The zero-order valence-corrected chi connectivity index (χ0v) is 18.3. The zero-order valence-electron chi connectivity index (χ0n) is 17.5. The second-order valence-corrected chi connectivity index (χ2v) is 8.50. The molecule has 0 saturated carbocycles. The molecule has 0 radical (unpaired) electrons. The number of rotatable bonds is 8. The van der Waals surface area contributed by atoms with Crippen LogP contribution in [0.15, 0.2) is 77.2 Å². The van der Waals surface area contributed by atoms with Crippen LogP contribution >= 0.6 is 11.3 Å². The van der Waals surface area contributed by atoms with E-state index in [1.54, 1.807) is 17.4 Å². The normalized spacial score (nSPS) is 12.0. The molecule has 0 spiro atoms. The molecule has 1 atom stereocenters. The number of nitrogens with zero attached hydrogens (tertiary/aromatic N) is 2. The van der Waals surface area contributed by atoms with Gasteiger partial charge in [-0.25, -0.2) is 4.98 Å². The molecule has 4 aromatic rings. The number of amides is 1. The Kier molecular flexibility index (Phi) is 6.57. The Bertz CT molecular complexity index is 1210. The number of benzene rings is 2. The lowest BCUT2D eigenvalue weighted by molar-refractivity contribution is -0.121. The molecule has 6 heteroatoms. The van der Waals surface area contributed by atoms with Crippen LogP contribution in [0, 0.1) is 0 Å². The number of nitrogens with one attached hydrogen (secondary N) is 1. The van der Waals surface area contributed by atoms with Gasteiger partial charge >= 0.3 is 0 Å². The van der Waals surface area contributed by atoms with Gasteiger partial charge in [-0.3, -0.25) is 14.2 Å². The summed E-state index contributed by atoms with van der Waals surface area (Å²) in [6.45, 7) is 2.45. The van der Waals surface area contributed by atoms with Crippen molar-refractivity contribution in [2.24, 2.45) is 0 Å². The van der Waals surface area contributed by atoms with E-state index >= 15 is 0 Å². The van der Waals surface area contributed by atoms with Gasteiger partial charge in [0.05, 0.1) is 23.3 Å². The average molecular weight is 432 g/mol. The smallest absolute Gasteiger partial charge is 0.261 e. The van der Waals surface area contributed by atoms with Gasteiger partial charge in [0.2, 0.25) is 5.91 Å². The van der Waals surface area contributed by atoms with Crippen molar-refractivity contribution in [3.63, 3.8) is 0 Å². The molecule has 2 aromatic carbocycles. The van der Waals surface area contributed by atoms with E-state index in [4.69, 9.17) is 0 Å². The predicted octanol–water partition coefficient (Wildman–Crippen LogP) is 4.71.